The predicted molar refractivity (Wildman–Crippen MR) is 90.9 cm³/mol. The smallest absolute Gasteiger partial charge is 0.227 e. The van der Waals surface area contributed by atoms with Crippen LogP contribution in [0.2, 0.25) is 5.02 Å². The maximum absolute atomic E-state index is 11.9. The van der Waals surface area contributed by atoms with E-state index < -0.39 is 0 Å². The first-order valence-corrected chi connectivity index (χ1v) is 7.46. The lowest BCUT2D eigenvalue weighted by atomic mass is 10.2. The number of rotatable bonds is 6. The lowest BCUT2D eigenvalue weighted by molar-refractivity contribution is -0.116. The first-order chi connectivity index (χ1) is 11.0. The Balaban J connectivity index is 1.80. The molecule has 0 fully saturated rings. The molecule has 5 nitrogen and oxygen atoms in total. The highest BCUT2D eigenvalue weighted by atomic mass is 35.5. The van der Waals surface area contributed by atoms with Crippen molar-refractivity contribution in [2.75, 3.05) is 17.2 Å². The van der Waals surface area contributed by atoms with Crippen molar-refractivity contribution in [1.29, 1.82) is 0 Å². The molecule has 120 valence electrons. The van der Waals surface area contributed by atoms with Gasteiger partial charge in [-0.3, -0.25) is 9.59 Å². The highest BCUT2D eigenvalue weighted by Gasteiger charge is 2.04. The van der Waals surface area contributed by atoms with Gasteiger partial charge in [-0.25, -0.2) is 0 Å². The molecule has 0 aliphatic carbocycles. The Labute approximate surface area is 139 Å². The van der Waals surface area contributed by atoms with Crippen molar-refractivity contribution in [3.8, 4) is 5.75 Å². The molecule has 0 saturated carbocycles. The summed E-state index contributed by atoms with van der Waals surface area (Å²) in [5.74, 6) is 0.332. The van der Waals surface area contributed by atoms with Gasteiger partial charge < -0.3 is 15.4 Å². The van der Waals surface area contributed by atoms with Crippen LogP contribution in [0.3, 0.4) is 0 Å². The molecule has 2 amide bonds. The van der Waals surface area contributed by atoms with Crippen molar-refractivity contribution in [2.24, 2.45) is 0 Å². The van der Waals surface area contributed by atoms with Gasteiger partial charge in [0.2, 0.25) is 11.8 Å². The number of hydrogen-bond acceptors (Lipinski definition) is 3. The Kier molecular flexibility index (Phi) is 6.00. The van der Waals surface area contributed by atoms with Gasteiger partial charge in [0.05, 0.1) is 13.0 Å². The normalized spacial score (nSPS) is 10.0. The van der Waals surface area contributed by atoms with Crippen LogP contribution in [0.5, 0.6) is 5.75 Å². The molecule has 0 saturated heterocycles. The topological polar surface area (TPSA) is 67.4 Å². The van der Waals surface area contributed by atoms with Crippen LogP contribution in [0.1, 0.15) is 13.3 Å². The van der Waals surface area contributed by atoms with Crippen LogP contribution in [-0.4, -0.2) is 18.4 Å². The number of nitrogens with one attached hydrogen (secondary N) is 2. The second-order valence-electron chi connectivity index (χ2n) is 4.86. The third-order valence-corrected chi connectivity index (χ3v) is 3.13. The molecular weight excluding hydrogens is 316 g/mol. The summed E-state index contributed by atoms with van der Waals surface area (Å²) in [4.78, 5) is 22.9. The van der Waals surface area contributed by atoms with Crippen molar-refractivity contribution in [2.45, 2.75) is 13.3 Å². The minimum atomic E-state index is -0.168. The van der Waals surface area contributed by atoms with Crippen LogP contribution >= 0.6 is 11.6 Å². The molecule has 2 aromatic rings. The van der Waals surface area contributed by atoms with E-state index in [2.05, 4.69) is 10.6 Å². The first kappa shape index (κ1) is 16.8. The van der Waals surface area contributed by atoms with Gasteiger partial charge in [0.1, 0.15) is 5.75 Å². The van der Waals surface area contributed by atoms with Crippen LogP contribution in [0.25, 0.3) is 0 Å². The third kappa shape index (κ3) is 6.00. The number of anilines is 2. The first-order valence-electron chi connectivity index (χ1n) is 7.09. The summed E-state index contributed by atoms with van der Waals surface area (Å²) < 4.78 is 5.47. The number of hydrogen-bond donors (Lipinski definition) is 2. The third-order valence-electron chi connectivity index (χ3n) is 2.88. The summed E-state index contributed by atoms with van der Waals surface area (Å²) in [5, 5.41) is 6.05. The fourth-order valence-electron chi connectivity index (χ4n) is 1.89. The summed E-state index contributed by atoms with van der Waals surface area (Å²) in [6.07, 6.45) is 0.215. The zero-order valence-corrected chi connectivity index (χ0v) is 13.4. The Hall–Kier alpha value is -2.53. The molecule has 0 spiro atoms. The van der Waals surface area contributed by atoms with Crippen molar-refractivity contribution < 1.29 is 14.3 Å². The molecule has 6 heteroatoms. The number of carbonyl (C=O) groups is 2. The maximum atomic E-state index is 11.9. The minimum Gasteiger partial charge on any atom is -0.493 e. The van der Waals surface area contributed by atoms with Gasteiger partial charge in [0.25, 0.3) is 0 Å². The van der Waals surface area contributed by atoms with E-state index in [1.165, 1.54) is 6.92 Å². The second-order valence-corrected chi connectivity index (χ2v) is 5.30. The fraction of sp³-hybridized carbons (Fsp3) is 0.176. The van der Waals surface area contributed by atoms with Crippen molar-refractivity contribution in [1.82, 2.24) is 0 Å². The molecule has 0 unspecified atom stereocenters. The van der Waals surface area contributed by atoms with E-state index in [9.17, 15) is 9.59 Å². The van der Waals surface area contributed by atoms with Gasteiger partial charge in [-0.2, -0.15) is 0 Å². The maximum Gasteiger partial charge on any atom is 0.227 e. The second kappa shape index (κ2) is 8.19. The summed E-state index contributed by atoms with van der Waals surface area (Å²) >= 11 is 5.78. The van der Waals surface area contributed by atoms with Crippen molar-refractivity contribution in [3.05, 3.63) is 53.6 Å². The average Bonchev–Trinajstić information content (AvgIpc) is 2.49. The van der Waals surface area contributed by atoms with Gasteiger partial charge in [-0.1, -0.05) is 17.7 Å². The van der Waals surface area contributed by atoms with E-state index in [4.69, 9.17) is 16.3 Å². The van der Waals surface area contributed by atoms with E-state index in [0.29, 0.717) is 22.1 Å². The molecule has 2 N–H and O–H groups in total. The molecular formula is C17H17ClN2O3. The fourth-order valence-corrected chi connectivity index (χ4v) is 2.02. The lowest BCUT2D eigenvalue weighted by Gasteiger charge is -2.09. The highest BCUT2D eigenvalue weighted by Crippen LogP contribution is 2.17. The molecule has 0 aromatic heterocycles. The van der Waals surface area contributed by atoms with Crippen LogP contribution in [0.15, 0.2) is 48.5 Å². The van der Waals surface area contributed by atoms with E-state index in [-0.39, 0.29) is 24.8 Å². The van der Waals surface area contributed by atoms with Gasteiger partial charge in [-0.15, -0.1) is 0 Å². The molecule has 0 heterocycles. The number of ether oxygens (including phenoxy) is 1. The van der Waals surface area contributed by atoms with E-state index in [1.807, 2.05) is 0 Å². The predicted octanol–water partition coefficient (Wildman–Crippen LogP) is 3.71. The number of amides is 2. The van der Waals surface area contributed by atoms with E-state index >= 15 is 0 Å². The van der Waals surface area contributed by atoms with E-state index in [0.717, 1.165) is 0 Å². The summed E-state index contributed by atoms with van der Waals surface area (Å²) in [6.45, 7) is 1.69. The van der Waals surface area contributed by atoms with Crippen LogP contribution < -0.4 is 15.4 Å². The van der Waals surface area contributed by atoms with Gasteiger partial charge in [-0.05, 0) is 42.5 Å². The molecule has 23 heavy (non-hydrogen) atoms. The lowest BCUT2D eigenvalue weighted by Crippen LogP contribution is -2.15. The van der Waals surface area contributed by atoms with Crippen LogP contribution in [0.4, 0.5) is 11.4 Å². The van der Waals surface area contributed by atoms with Gasteiger partial charge >= 0.3 is 0 Å². The Morgan fingerprint density at radius 2 is 1.70 bits per heavy atom. The monoisotopic (exact) mass is 332 g/mol. The number of carbonyl (C=O) groups excluding carboxylic acids is 2. The SMILES string of the molecule is CC(=O)Nc1cccc(NC(=O)CCOc2ccc(Cl)cc2)c1. The van der Waals surface area contributed by atoms with Crippen molar-refractivity contribution in [3.63, 3.8) is 0 Å². The molecule has 0 aliphatic heterocycles. The zero-order chi connectivity index (χ0) is 16.7. The van der Waals surface area contributed by atoms with Crippen LogP contribution in [-0.2, 0) is 9.59 Å². The van der Waals surface area contributed by atoms with E-state index in [1.54, 1.807) is 48.5 Å². The molecule has 0 radical (unpaired) electrons. The minimum absolute atomic E-state index is 0.162. The molecule has 2 rings (SSSR count). The van der Waals surface area contributed by atoms with Gasteiger partial charge in [0.15, 0.2) is 0 Å². The number of halogens is 1. The molecule has 0 aliphatic rings. The average molecular weight is 333 g/mol. The van der Waals surface area contributed by atoms with Crippen LogP contribution in [0, 0.1) is 0 Å². The van der Waals surface area contributed by atoms with Gasteiger partial charge in [0, 0.05) is 23.3 Å². The Bertz CT molecular complexity index is 686. The largest absolute Gasteiger partial charge is 0.493 e. The number of benzene rings is 2. The Morgan fingerprint density at radius 3 is 2.35 bits per heavy atom. The molecule has 2 aromatic carbocycles. The zero-order valence-electron chi connectivity index (χ0n) is 12.6. The highest BCUT2D eigenvalue weighted by molar-refractivity contribution is 6.30. The summed E-state index contributed by atoms with van der Waals surface area (Å²) in [5.41, 5.74) is 1.25. The molecule has 0 bridgehead atoms. The standard InChI is InChI=1S/C17H17ClN2O3/c1-12(21)19-14-3-2-4-15(11-14)20-17(22)9-10-23-16-7-5-13(18)6-8-16/h2-8,11H,9-10H2,1H3,(H,19,21)(H,20,22). The van der Waals surface area contributed by atoms with Crippen molar-refractivity contribution >= 4 is 34.8 Å². The summed E-state index contributed by atoms with van der Waals surface area (Å²) in [7, 11) is 0. The summed E-state index contributed by atoms with van der Waals surface area (Å²) in [6, 6.07) is 13.9. The quantitative estimate of drug-likeness (QED) is 0.847. The molecule has 0 atom stereocenters. The Morgan fingerprint density at radius 1 is 1.04 bits per heavy atom.